The number of furan rings is 2. The van der Waals surface area contributed by atoms with Crippen molar-refractivity contribution in [1.82, 2.24) is 0 Å². The third-order valence-corrected chi connectivity index (χ3v) is 19.2. The zero-order valence-electron chi connectivity index (χ0n) is 45.9. The lowest BCUT2D eigenvalue weighted by atomic mass is 9.72. The van der Waals surface area contributed by atoms with Gasteiger partial charge in [0, 0.05) is 37.8 Å². The van der Waals surface area contributed by atoms with Gasteiger partial charge < -0.3 is 8.83 Å². The average Bonchev–Trinajstić information content (AvgIpc) is 2.73. The first kappa shape index (κ1) is 45.7. The molecule has 2 aromatic heterocycles. The Hall–Kier alpha value is -8.46. The molecule has 2 heterocycles. The third kappa shape index (κ3) is 5.98. The highest BCUT2D eigenvalue weighted by Crippen LogP contribution is 2.61. The molecule has 0 saturated carbocycles. The minimum Gasteiger partial charge on any atom is -0.456 e. The summed E-state index contributed by atoms with van der Waals surface area (Å²) in [4.78, 5) is 0. The maximum absolute atomic E-state index is 6.62. The van der Waals surface area contributed by atoms with Gasteiger partial charge in [0.1, 0.15) is 22.3 Å². The molecule has 78 heavy (non-hydrogen) atoms. The molecule has 0 spiro atoms. The summed E-state index contributed by atoms with van der Waals surface area (Å²) in [5.41, 5.74) is 28.2. The van der Waals surface area contributed by atoms with Gasteiger partial charge in [0.2, 0.25) is 0 Å². The minimum absolute atomic E-state index is 0.220. The molecule has 376 valence electrons. The quantitative estimate of drug-likeness (QED) is 0.172. The van der Waals surface area contributed by atoms with Crippen molar-refractivity contribution >= 4 is 65.4 Å². The van der Waals surface area contributed by atoms with E-state index in [9.17, 15) is 0 Å². The molecule has 0 amide bonds. The highest BCUT2D eigenvalue weighted by Gasteiger charge is 2.47. The maximum Gasteiger partial charge on any atom is 0.138 e. The van der Waals surface area contributed by atoms with E-state index in [1.807, 2.05) is 0 Å². The molecule has 16 rings (SSSR count). The van der Waals surface area contributed by atoms with E-state index >= 15 is 0 Å². The van der Waals surface area contributed by atoms with Crippen LogP contribution in [-0.4, -0.2) is 0 Å². The number of rotatable bonds is 5. The van der Waals surface area contributed by atoms with E-state index in [4.69, 9.17) is 8.83 Å². The van der Waals surface area contributed by atoms with Gasteiger partial charge in [-0.15, -0.1) is 0 Å². The van der Waals surface area contributed by atoms with Crippen LogP contribution in [0.5, 0.6) is 0 Å². The molecular weight excluding hydrogens is 945 g/mol. The van der Waals surface area contributed by atoms with Crippen LogP contribution in [0, 0.1) is 0 Å². The molecule has 0 atom stereocenters. The largest absolute Gasteiger partial charge is 0.456 e. The highest BCUT2D eigenvalue weighted by molar-refractivity contribution is 6.15. The van der Waals surface area contributed by atoms with Gasteiger partial charge in [-0.1, -0.05) is 171 Å². The Morgan fingerprint density at radius 3 is 1.17 bits per heavy atom. The topological polar surface area (TPSA) is 26.3 Å². The first-order valence-electron chi connectivity index (χ1n) is 28.2. The lowest BCUT2D eigenvalue weighted by Gasteiger charge is -2.30. The van der Waals surface area contributed by atoms with E-state index in [2.05, 4.69) is 250 Å². The Morgan fingerprint density at radius 2 is 0.718 bits per heavy atom. The first-order chi connectivity index (χ1) is 37.7. The van der Waals surface area contributed by atoms with E-state index in [-0.39, 0.29) is 16.2 Å². The molecule has 0 fully saturated rings. The zero-order valence-corrected chi connectivity index (χ0v) is 45.9. The van der Waals surface area contributed by atoms with Crippen molar-refractivity contribution in [3.63, 3.8) is 0 Å². The number of hydrogen-bond donors (Lipinski definition) is 0. The molecule has 2 heteroatoms. The van der Waals surface area contributed by atoms with Gasteiger partial charge in [-0.2, -0.15) is 0 Å². The second-order valence-electron chi connectivity index (χ2n) is 24.9. The van der Waals surface area contributed by atoms with Crippen LogP contribution in [0.25, 0.3) is 121 Å². The fourth-order valence-corrected chi connectivity index (χ4v) is 15.0. The van der Waals surface area contributed by atoms with Crippen LogP contribution in [0.2, 0.25) is 0 Å². The molecular formula is C76H60O2. The number of benzene rings is 11. The van der Waals surface area contributed by atoms with Crippen molar-refractivity contribution in [2.45, 2.75) is 90.4 Å². The Morgan fingerprint density at radius 1 is 0.321 bits per heavy atom. The summed E-state index contributed by atoms with van der Waals surface area (Å²) in [7, 11) is 0. The molecule has 3 aliphatic carbocycles. The Balaban J connectivity index is 0.822. The van der Waals surface area contributed by atoms with Gasteiger partial charge in [0.05, 0.1) is 0 Å². The molecule has 0 bridgehead atoms. The van der Waals surface area contributed by atoms with Crippen LogP contribution in [0.15, 0.2) is 197 Å². The Kier molecular flexibility index (Phi) is 9.15. The van der Waals surface area contributed by atoms with Crippen molar-refractivity contribution in [2.75, 3.05) is 0 Å². The Labute approximate surface area is 456 Å². The van der Waals surface area contributed by atoms with Crippen molar-refractivity contribution < 1.29 is 8.83 Å². The monoisotopic (exact) mass is 1000 g/mol. The summed E-state index contributed by atoms with van der Waals surface area (Å²) in [6.45, 7) is 21.2. The summed E-state index contributed by atoms with van der Waals surface area (Å²) >= 11 is 0. The molecule has 0 saturated heterocycles. The molecule has 2 nitrogen and oxygen atoms in total. The summed E-state index contributed by atoms with van der Waals surface area (Å²) in [5.74, 6) is 0.742. The second kappa shape index (κ2) is 15.6. The first-order valence-corrected chi connectivity index (χ1v) is 28.2. The molecule has 11 aromatic carbocycles. The van der Waals surface area contributed by atoms with E-state index in [0.717, 1.165) is 22.3 Å². The van der Waals surface area contributed by atoms with E-state index in [1.54, 1.807) is 0 Å². The predicted octanol–water partition coefficient (Wildman–Crippen LogP) is 21.3. The van der Waals surface area contributed by atoms with Crippen LogP contribution in [0.4, 0.5) is 0 Å². The van der Waals surface area contributed by atoms with Crippen LogP contribution < -0.4 is 0 Å². The van der Waals surface area contributed by atoms with Crippen molar-refractivity contribution in [3.05, 3.63) is 238 Å². The van der Waals surface area contributed by atoms with Gasteiger partial charge >= 0.3 is 0 Å². The molecule has 13 aromatic rings. The van der Waals surface area contributed by atoms with E-state index in [1.165, 1.54) is 149 Å². The Bertz CT molecular complexity index is 4510. The third-order valence-electron chi connectivity index (χ3n) is 19.2. The van der Waals surface area contributed by atoms with Crippen molar-refractivity contribution in [1.29, 1.82) is 0 Å². The van der Waals surface area contributed by atoms with Gasteiger partial charge in [0.15, 0.2) is 0 Å². The fourth-order valence-electron chi connectivity index (χ4n) is 15.0. The van der Waals surface area contributed by atoms with Crippen LogP contribution in [0.1, 0.15) is 124 Å². The predicted molar refractivity (Wildman–Crippen MR) is 328 cm³/mol. The van der Waals surface area contributed by atoms with Crippen LogP contribution in [0.3, 0.4) is 0 Å². The maximum atomic E-state index is 6.62. The van der Waals surface area contributed by atoms with Gasteiger partial charge in [-0.3, -0.25) is 0 Å². The lowest BCUT2D eigenvalue weighted by Crippen LogP contribution is -2.23. The summed E-state index contributed by atoms with van der Waals surface area (Å²) in [6.07, 6.45) is 0. The van der Waals surface area contributed by atoms with Crippen LogP contribution in [-0.2, 0) is 16.2 Å². The fraction of sp³-hybridized carbons (Fsp3) is 0.184. The molecule has 0 N–H and O–H groups in total. The summed E-state index contributed by atoms with van der Waals surface area (Å²) in [5, 5.41) is 9.78. The second-order valence-corrected chi connectivity index (χ2v) is 24.9. The summed E-state index contributed by atoms with van der Waals surface area (Å²) < 4.78 is 13.2. The molecule has 3 aliphatic rings. The lowest BCUT2D eigenvalue weighted by molar-refractivity contribution is 0.656. The number of hydrogen-bond acceptors (Lipinski definition) is 2. The summed E-state index contributed by atoms with van der Waals surface area (Å²) in [6, 6.07) is 71.9. The molecule has 0 radical (unpaired) electrons. The average molecular weight is 1010 g/mol. The number of para-hydroxylation sites is 2. The van der Waals surface area contributed by atoms with Crippen molar-refractivity contribution in [2.24, 2.45) is 0 Å². The van der Waals surface area contributed by atoms with E-state index in [0.29, 0.717) is 11.8 Å². The minimum atomic E-state index is -0.379. The van der Waals surface area contributed by atoms with Crippen LogP contribution >= 0.6 is 0 Å². The van der Waals surface area contributed by atoms with E-state index < -0.39 is 0 Å². The molecule has 0 aliphatic heterocycles. The molecule has 0 unspecified atom stereocenters. The standard InChI is InChI=1S/C76H60O2/c1-41(2)50-19-13-23-54-70-52(21-15-25-68(70)77-72(50)54)45-29-27-43-33-56-58-39-66-60(37-64(58)74(5,6)62(56)35-47(43)31-45)61-38-65-59(40-67(61)76(66,9)49-17-11-10-12-18-49)57-34-44-28-30-46(32-48(44)36-63(57)75(65,7)8)53-22-16-26-69-71(53)55-24-14-20-51(42(3)4)73(55)78-69/h10-42H,1-9H3. The zero-order chi connectivity index (χ0) is 52.9. The normalized spacial score (nSPS) is 15.3. The van der Waals surface area contributed by atoms with Crippen molar-refractivity contribution in [3.8, 4) is 55.6 Å². The van der Waals surface area contributed by atoms with Gasteiger partial charge in [0.25, 0.3) is 0 Å². The highest BCUT2D eigenvalue weighted by atomic mass is 16.3. The smallest absolute Gasteiger partial charge is 0.138 e. The SMILES string of the molecule is CC(C)c1cccc2c1oc1cccc(-c3ccc4cc5c(cc4c3)C(C)(C)c3cc4c(cc3-5)C(C)(c3ccccc3)c3cc5c(cc3-4)C(C)(C)c3cc4cc(-c6cccc7oc8c(C(C)C)cccc8c67)ccc4cc3-5)c12. The van der Waals surface area contributed by atoms with Gasteiger partial charge in [-0.05, 0) is 219 Å². The number of fused-ring (bicyclic) bond motifs is 17. The van der Waals surface area contributed by atoms with Gasteiger partial charge in [-0.25, -0.2) is 0 Å².